The van der Waals surface area contributed by atoms with Crippen LogP contribution in [0.5, 0.6) is 0 Å². The molecule has 0 heterocycles. The van der Waals surface area contributed by atoms with Gasteiger partial charge in [-0.3, -0.25) is 4.79 Å². The van der Waals surface area contributed by atoms with Crippen molar-refractivity contribution in [2.75, 3.05) is 12.4 Å². The van der Waals surface area contributed by atoms with Crippen molar-refractivity contribution >= 4 is 38.2 Å². The number of benzene rings is 3. The van der Waals surface area contributed by atoms with Gasteiger partial charge in [-0.1, -0.05) is 80.9 Å². The number of esters is 1. The number of anilines is 1. The molecule has 0 bridgehead atoms. The summed E-state index contributed by atoms with van der Waals surface area (Å²) in [5.41, 5.74) is 4.53. The maximum atomic E-state index is 12.8. The lowest BCUT2D eigenvalue weighted by Crippen LogP contribution is -2.42. The third-order valence-electron chi connectivity index (χ3n) is 6.77. The molecule has 1 unspecified atom stereocenters. The van der Waals surface area contributed by atoms with Crippen molar-refractivity contribution in [3.8, 4) is 0 Å². The zero-order valence-corrected chi connectivity index (χ0v) is 25.0. The number of rotatable bonds is 9. The molecule has 38 heavy (non-hydrogen) atoms. The average Bonchev–Trinajstić information content (AvgIpc) is 2.83. The molecule has 0 aromatic heterocycles. The number of hydrogen-bond donors (Lipinski definition) is 1. The molecule has 0 aliphatic carbocycles. The Kier molecular flexibility index (Phi) is 9.58. The molecule has 1 amide bonds. The van der Waals surface area contributed by atoms with Gasteiger partial charge in [-0.05, 0) is 72.3 Å². The maximum Gasteiger partial charge on any atom is 0.339 e. The molecule has 3 rings (SSSR count). The first kappa shape index (κ1) is 29.6. The number of amides is 1. The van der Waals surface area contributed by atoms with Gasteiger partial charge in [-0.2, -0.15) is 0 Å². The Balaban J connectivity index is 1.72. The molecular formula is C31H37ClNO4Si. The fourth-order valence-corrected chi connectivity index (χ4v) is 5.78. The number of carbonyl (C=O) groups excluding carboxylic acids is 2. The summed E-state index contributed by atoms with van der Waals surface area (Å²) < 4.78 is 11.3. The second-order valence-corrected chi connectivity index (χ2v) is 13.4. The minimum Gasteiger partial charge on any atom is -0.465 e. The summed E-state index contributed by atoms with van der Waals surface area (Å²) in [4.78, 5) is 24.9. The normalized spacial score (nSPS) is 13.2. The van der Waals surface area contributed by atoms with Crippen LogP contribution in [0.3, 0.4) is 0 Å². The third-order valence-corrected chi connectivity index (χ3v) is 7.82. The summed E-state index contributed by atoms with van der Waals surface area (Å²) in [6.07, 6.45) is 0.916. The highest BCUT2D eigenvalue weighted by Crippen LogP contribution is 2.43. The van der Waals surface area contributed by atoms with Crippen LogP contribution in [0.1, 0.15) is 60.3 Å². The van der Waals surface area contributed by atoms with E-state index in [1.165, 1.54) is 24.3 Å². The lowest BCUT2D eigenvalue weighted by molar-refractivity contribution is -0.115. The van der Waals surface area contributed by atoms with Crippen LogP contribution in [0.4, 0.5) is 5.69 Å². The van der Waals surface area contributed by atoms with Gasteiger partial charge in [0.1, 0.15) is 0 Å². The average molecular weight is 551 g/mol. The van der Waals surface area contributed by atoms with E-state index in [2.05, 4.69) is 76.4 Å². The Hall–Kier alpha value is -2.93. The molecule has 0 aliphatic rings. The number of nitrogens with one attached hydrogen (secondary N) is 1. The Morgan fingerprint density at radius 3 is 2.16 bits per heavy atom. The van der Waals surface area contributed by atoms with Gasteiger partial charge in [0, 0.05) is 5.02 Å². The van der Waals surface area contributed by atoms with Gasteiger partial charge in [0.2, 0.25) is 14.9 Å². The van der Waals surface area contributed by atoms with E-state index in [0.29, 0.717) is 10.7 Å². The van der Waals surface area contributed by atoms with E-state index in [9.17, 15) is 9.59 Å². The minimum atomic E-state index is -0.885. The lowest BCUT2D eigenvalue weighted by atomic mass is 9.73. The minimum absolute atomic E-state index is 0.0476. The van der Waals surface area contributed by atoms with Crippen molar-refractivity contribution in [1.82, 2.24) is 0 Å². The molecule has 1 atom stereocenters. The summed E-state index contributed by atoms with van der Waals surface area (Å²) in [6, 6.07) is 21.3. The Labute approximate surface area is 233 Å². The highest BCUT2D eigenvalue weighted by Gasteiger charge is 2.40. The largest absolute Gasteiger partial charge is 0.465 e. The fourth-order valence-electron chi connectivity index (χ4n) is 4.37. The first-order valence-corrected chi connectivity index (χ1v) is 15.4. The van der Waals surface area contributed by atoms with E-state index in [-0.39, 0.29) is 28.9 Å². The van der Waals surface area contributed by atoms with Crippen molar-refractivity contribution < 1.29 is 18.8 Å². The molecule has 0 spiro atoms. The SMILES string of the molecule is COC(=O)c1ccc(Cl)cc1NC(=O)Cc1cccc(Cc2ccc(C(C)(O[Si](C)C)C(C)(C)C)cc2)c1. The van der Waals surface area contributed by atoms with E-state index in [0.717, 1.165) is 17.5 Å². The Morgan fingerprint density at radius 1 is 0.895 bits per heavy atom. The van der Waals surface area contributed by atoms with Gasteiger partial charge in [-0.15, -0.1) is 0 Å². The van der Waals surface area contributed by atoms with Crippen LogP contribution in [0, 0.1) is 5.41 Å². The molecule has 7 heteroatoms. The summed E-state index contributed by atoms with van der Waals surface area (Å²) in [7, 11) is 0.412. The molecule has 0 fully saturated rings. The fraction of sp³-hybridized carbons (Fsp3) is 0.355. The van der Waals surface area contributed by atoms with Gasteiger partial charge in [0.15, 0.2) is 0 Å². The van der Waals surface area contributed by atoms with Crippen molar-refractivity contribution in [3.05, 3.63) is 99.6 Å². The van der Waals surface area contributed by atoms with Crippen molar-refractivity contribution in [2.45, 2.75) is 59.2 Å². The molecule has 1 radical (unpaired) electrons. The molecule has 0 saturated heterocycles. The first-order valence-electron chi connectivity index (χ1n) is 12.7. The van der Waals surface area contributed by atoms with Gasteiger partial charge in [0.25, 0.3) is 0 Å². The monoisotopic (exact) mass is 550 g/mol. The van der Waals surface area contributed by atoms with Crippen LogP contribution in [0.2, 0.25) is 18.1 Å². The Morgan fingerprint density at radius 2 is 1.55 bits per heavy atom. The zero-order valence-electron chi connectivity index (χ0n) is 23.3. The topological polar surface area (TPSA) is 64.6 Å². The van der Waals surface area contributed by atoms with Gasteiger partial charge < -0.3 is 14.5 Å². The number of carbonyl (C=O) groups is 2. The molecular weight excluding hydrogens is 514 g/mol. The highest BCUT2D eigenvalue weighted by molar-refractivity contribution is 6.48. The van der Waals surface area contributed by atoms with Crippen LogP contribution in [-0.4, -0.2) is 28.0 Å². The molecule has 0 aliphatic heterocycles. The van der Waals surface area contributed by atoms with Crippen molar-refractivity contribution in [1.29, 1.82) is 0 Å². The Bertz CT molecular complexity index is 1280. The molecule has 0 saturated carbocycles. The van der Waals surface area contributed by atoms with Crippen LogP contribution < -0.4 is 5.32 Å². The first-order chi connectivity index (χ1) is 17.8. The van der Waals surface area contributed by atoms with Crippen LogP contribution in [0.15, 0.2) is 66.7 Å². The van der Waals surface area contributed by atoms with Crippen LogP contribution in [-0.2, 0) is 32.4 Å². The van der Waals surface area contributed by atoms with E-state index in [1.807, 2.05) is 18.2 Å². The maximum absolute atomic E-state index is 12.8. The molecule has 201 valence electrons. The predicted octanol–water partition coefficient (Wildman–Crippen LogP) is 7.43. The van der Waals surface area contributed by atoms with Crippen LogP contribution >= 0.6 is 11.6 Å². The van der Waals surface area contributed by atoms with E-state index < -0.39 is 15.0 Å². The number of halogens is 1. The third kappa shape index (κ3) is 7.34. The van der Waals surface area contributed by atoms with Crippen LogP contribution in [0.25, 0.3) is 0 Å². The quantitative estimate of drug-likeness (QED) is 0.222. The molecule has 5 nitrogen and oxygen atoms in total. The van der Waals surface area contributed by atoms with Gasteiger partial charge >= 0.3 is 5.97 Å². The summed E-state index contributed by atoms with van der Waals surface area (Å²) >= 11 is 6.08. The van der Waals surface area contributed by atoms with Gasteiger partial charge in [0.05, 0.1) is 30.4 Å². The highest BCUT2D eigenvalue weighted by atomic mass is 35.5. The lowest BCUT2D eigenvalue weighted by Gasteiger charge is -2.44. The zero-order chi connectivity index (χ0) is 28.1. The molecule has 3 aromatic carbocycles. The second-order valence-electron chi connectivity index (χ2n) is 10.9. The summed E-state index contributed by atoms with van der Waals surface area (Å²) in [6.45, 7) is 13.2. The smallest absolute Gasteiger partial charge is 0.339 e. The van der Waals surface area contributed by atoms with Crippen molar-refractivity contribution in [3.63, 3.8) is 0 Å². The van der Waals surface area contributed by atoms with E-state index in [4.69, 9.17) is 20.8 Å². The predicted molar refractivity (Wildman–Crippen MR) is 156 cm³/mol. The number of ether oxygens (including phenoxy) is 1. The number of hydrogen-bond acceptors (Lipinski definition) is 4. The molecule has 3 aromatic rings. The standard InChI is InChI=1S/C31H37ClNO4Si/c1-30(2,3)31(4,37-38(6)7)24-13-11-21(12-14-24)17-22-9-8-10-23(18-22)19-28(34)33-27-20-25(32)15-16-26(27)29(35)36-5/h8-16,18,20H,17,19H2,1-7H3,(H,33,34). The van der Waals surface area contributed by atoms with E-state index in [1.54, 1.807) is 12.1 Å². The molecule has 1 N–H and O–H groups in total. The van der Waals surface area contributed by atoms with Crippen molar-refractivity contribution in [2.24, 2.45) is 5.41 Å². The second kappa shape index (κ2) is 12.3. The van der Waals surface area contributed by atoms with Gasteiger partial charge in [-0.25, -0.2) is 4.79 Å². The summed E-state index contributed by atoms with van der Waals surface area (Å²) in [5, 5.41) is 3.21. The summed E-state index contributed by atoms with van der Waals surface area (Å²) in [5.74, 6) is -0.779. The number of methoxy groups -OCH3 is 1. The van der Waals surface area contributed by atoms with E-state index >= 15 is 0 Å².